The normalized spacial score (nSPS) is 15.1. The van der Waals surface area contributed by atoms with Crippen LogP contribution in [0, 0.1) is 24.0 Å². The molecule has 1 N–H and O–H groups in total. The molecular formula is C27H28N4O4. The maximum absolute atomic E-state index is 13.0. The standard InChI is InChI=1S/C27H28N4O4/c1-17-14-20(18(2)30(17)22-12-8-21(9-13-22)27(3,4)5)15-24-25(32)29(26(33)28-24)16-19-6-10-23(11-7-19)31(34)35/h6-15H,16H2,1-5H3,(H,28,33)/b24-15-. The van der Waals surface area contributed by atoms with Gasteiger partial charge in [-0.1, -0.05) is 45.0 Å². The minimum absolute atomic E-state index is 0.0269. The molecule has 1 aliphatic rings. The average molecular weight is 473 g/mol. The molecule has 35 heavy (non-hydrogen) atoms. The molecule has 8 heteroatoms. The number of non-ortho nitro benzene ring substituents is 1. The number of amides is 3. The zero-order chi connectivity index (χ0) is 25.5. The van der Waals surface area contributed by atoms with Gasteiger partial charge in [0.15, 0.2) is 0 Å². The molecule has 0 saturated carbocycles. The summed E-state index contributed by atoms with van der Waals surface area (Å²) in [4.78, 5) is 36.9. The summed E-state index contributed by atoms with van der Waals surface area (Å²) in [7, 11) is 0. The van der Waals surface area contributed by atoms with E-state index in [-0.39, 0.29) is 23.3 Å². The van der Waals surface area contributed by atoms with Crippen molar-refractivity contribution in [1.82, 2.24) is 14.8 Å². The van der Waals surface area contributed by atoms with Crippen molar-refractivity contribution in [3.05, 3.63) is 98.5 Å². The maximum atomic E-state index is 13.0. The topological polar surface area (TPSA) is 97.5 Å². The highest BCUT2D eigenvalue weighted by Crippen LogP contribution is 2.27. The van der Waals surface area contributed by atoms with Gasteiger partial charge in [0.25, 0.3) is 11.6 Å². The van der Waals surface area contributed by atoms with Crippen LogP contribution in [0.1, 0.15) is 48.8 Å². The minimum atomic E-state index is -0.522. The highest BCUT2D eigenvalue weighted by atomic mass is 16.6. The van der Waals surface area contributed by atoms with Gasteiger partial charge in [0.2, 0.25) is 0 Å². The van der Waals surface area contributed by atoms with Crippen LogP contribution in [0.4, 0.5) is 10.5 Å². The fourth-order valence-corrected chi connectivity index (χ4v) is 4.22. The van der Waals surface area contributed by atoms with Crippen LogP contribution in [0.25, 0.3) is 11.8 Å². The number of aromatic nitrogens is 1. The highest BCUT2D eigenvalue weighted by molar-refractivity contribution is 6.14. The number of rotatable bonds is 5. The lowest BCUT2D eigenvalue weighted by Gasteiger charge is -2.20. The van der Waals surface area contributed by atoms with Crippen LogP contribution in [0.15, 0.2) is 60.3 Å². The molecule has 1 aliphatic heterocycles. The molecule has 180 valence electrons. The molecule has 2 aromatic carbocycles. The van der Waals surface area contributed by atoms with Gasteiger partial charge in [-0.2, -0.15) is 0 Å². The Labute approximate surface area is 204 Å². The fourth-order valence-electron chi connectivity index (χ4n) is 4.22. The minimum Gasteiger partial charge on any atom is -0.318 e. The van der Waals surface area contributed by atoms with Crippen LogP contribution < -0.4 is 5.32 Å². The predicted octanol–water partition coefficient (Wildman–Crippen LogP) is 5.39. The van der Waals surface area contributed by atoms with Gasteiger partial charge in [0.1, 0.15) is 5.70 Å². The molecule has 2 heterocycles. The summed E-state index contributed by atoms with van der Waals surface area (Å²) in [5.41, 5.74) is 5.91. The van der Waals surface area contributed by atoms with E-state index in [1.807, 2.05) is 19.9 Å². The third-order valence-corrected chi connectivity index (χ3v) is 6.21. The number of aryl methyl sites for hydroxylation is 1. The molecule has 3 aromatic rings. The number of nitro groups is 1. The number of carbonyl (C=O) groups excluding carboxylic acids is 2. The molecule has 0 bridgehead atoms. The third-order valence-electron chi connectivity index (χ3n) is 6.21. The van der Waals surface area contributed by atoms with Gasteiger partial charge < -0.3 is 9.88 Å². The van der Waals surface area contributed by atoms with E-state index in [0.29, 0.717) is 5.56 Å². The lowest BCUT2D eigenvalue weighted by atomic mass is 9.87. The Balaban J connectivity index is 1.58. The molecule has 1 saturated heterocycles. The first-order valence-electron chi connectivity index (χ1n) is 11.3. The summed E-state index contributed by atoms with van der Waals surface area (Å²) in [6.45, 7) is 10.5. The zero-order valence-corrected chi connectivity index (χ0v) is 20.5. The van der Waals surface area contributed by atoms with Crippen molar-refractivity contribution in [2.24, 2.45) is 0 Å². The van der Waals surface area contributed by atoms with E-state index < -0.39 is 16.9 Å². The second-order valence-corrected chi connectivity index (χ2v) is 9.76. The van der Waals surface area contributed by atoms with E-state index in [9.17, 15) is 19.7 Å². The molecule has 1 fully saturated rings. The number of nitrogens with zero attached hydrogens (tertiary/aromatic N) is 3. The van der Waals surface area contributed by atoms with Gasteiger partial charge in [-0.3, -0.25) is 19.8 Å². The summed E-state index contributed by atoms with van der Waals surface area (Å²) in [5, 5.41) is 13.5. The molecule has 0 aliphatic carbocycles. The van der Waals surface area contributed by atoms with Crippen molar-refractivity contribution >= 4 is 23.7 Å². The van der Waals surface area contributed by atoms with Gasteiger partial charge >= 0.3 is 6.03 Å². The first kappa shape index (κ1) is 23.9. The largest absolute Gasteiger partial charge is 0.329 e. The molecule has 0 radical (unpaired) electrons. The van der Waals surface area contributed by atoms with Crippen molar-refractivity contribution in [2.75, 3.05) is 0 Å². The number of nitrogens with one attached hydrogen (secondary N) is 1. The van der Waals surface area contributed by atoms with Crippen LogP contribution in [-0.4, -0.2) is 26.3 Å². The SMILES string of the molecule is Cc1cc(/C=C2\NC(=O)N(Cc3ccc([N+](=O)[O-])cc3)C2=O)c(C)n1-c1ccc(C(C)(C)C)cc1. The smallest absolute Gasteiger partial charge is 0.318 e. The van der Waals surface area contributed by atoms with Gasteiger partial charge in [-0.25, -0.2) is 4.79 Å². The Bertz CT molecular complexity index is 1340. The highest BCUT2D eigenvalue weighted by Gasteiger charge is 2.33. The Morgan fingerprint density at radius 3 is 2.20 bits per heavy atom. The number of urea groups is 1. The number of carbonyl (C=O) groups is 2. The van der Waals surface area contributed by atoms with E-state index in [1.54, 1.807) is 18.2 Å². The van der Waals surface area contributed by atoms with Crippen LogP contribution in [0.3, 0.4) is 0 Å². The molecule has 1 aromatic heterocycles. The molecule has 0 atom stereocenters. The Morgan fingerprint density at radius 1 is 1.00 bits per heavy atom. The lowest BCUT2D eigenvalue weighted by molar-refractivity contribution is -0.384. The van der Waals surface area contributed by atoms with Crippen molar-refractivity contribution < 1.29 is 14.5 Å². The molecule has 8 nitrogen and oxygen atoms in total. The van der Waals surface area contributed by atoms with Crippen molar-refractivity contribution in [3.63, 3.8) is 0 Å². The quantitative estimate of drug-likeness (QED) is 0.233. The lowest BCUT2D eigenvalue weighted by Crippen LogP contribution is -2.30. The summed E-state index contributed by atoms with van der Waals surface area (Å²) < 4.78 is 2.12. The van der Waals surface area contributed by atoms with E-state index >= 15 is 0 Å². The van der Waals surface area contributed by atoms with Gasteiger partial charge in [-0.15, -0.1) is 0 Å². The second kappa shape index (κ2) is 8.87. The number of hydrogen-bond acceptors (Lipinski definition) is 4. The molecule has 0 unspecified atom stereocenters. The fraction of sp³-hybridized carbons (Fsp3) is 0.259. The van der Waals surface area contributed by atoms with Crippen LogP contribution in [0.2, 0.25) is 0 Å². The molecular weight excluding hydrogens is 444 g/mol. The maximum Gasteiger partial charge on any atom is 0.329 e. The monoisotopic (exact) mass is 472 g/mol. The Hall–Kier alpha value is -4.20. The van der Waals surface area contributed by atoms with Crippen LogP contribution in [0.5, 0.6) is 0 Å². The number of benzene rings is 2. The molecule has 4 rings (SSSR count). The van der Waals surface area contributed by atoms with E-state index in [2.05, 4.69) is 54.9 Å². The first-order chi connectivity index (χ1) is 16.5. The zero-order valence-electron chi connectivity index (χ0n) is 20.5. The Kier molecular flexibility index (Phi) is 6.06. The van der Waals surface area contributed by atoms with Crippen molar-refractivity contribution in [1.29, 1.82) is 0 Å². The summed E-state index contributed by atoms with van der Waals surface area (Å²) in [6.07, 6.45) is 1.69. The first-order valence-corrected chi connectivity index (χ1v) is 11.3. The van der Waals surface area contributed by atoms with Gasteiger partial charge in [-0.05, 0) is 60.2 Å². The molecule has 3 amide bonds. The summed E-state index contributed by atoms with van der Waals surface area (Å²) >= 11 is 0. The van der Waals surface area contributed by atoms with Gasteiger partial charge in [0.05, 0.1) is 11.5 Å². The van der Waals surface area contributed by atoms with Crippen LogP contribution >= 0.6 is 0 Å². The number of imide groups is 1. The van der Waals surface area contributed by atoms with E-state index in [0.717, 1.165) is 27.5 Å². The molecule has 0 spiro atoms. The predicted molar refractivity (Wildman–Crippen MR) is 134 cm³/mol. The van der Waals surface area contributed by atoms with Crippen LogP contribution in [-0.2, 0) is 16.8 Å². The summed E-state index contributed by atoms with van der Waals surface area (Å²) in [6, 6.07) is 15.7. The van der Waals surface area contributed by atoms with Crippen molar-refractivity contribution in [2.45, 2.75) is 46.6 Å². The van der Waals surface area contributed by atoms with E-state index in [4.69, 9.17) is 0 Å². The van der Waals surface area contributed by atoms with E-state index in [1.165, 1.54) is 17.7 Å². The number of hydrogen-bond donors (Lipinski definition) is 1. The Morgan fingerprint density at radius 2 is 1.63 bits per heavy atom. The van der Waals surface area contributed by atoms with Crippen molar-refractivity contribution in [3.8, 4) is 5.69 Å². The second-order valence-electron chi connectivity index (χ2n) is 9.76. The summed E-state index contributed by atoms with van der Waals surface area (Å²) in [5.74, 6) is -0.437. The average Bonchev–Trinajstić information content (AvgIpc) is 3.22. The number of nitro benzene ring substituents is 1. The third kappa shape index (κ3) is 4.73. The van der Waals surface area contributed by atoms with Gasteiger partial charge in [0, 0.05) is 29.2 Å².